The average Bonchev–Trinajstić information content (AvgIpc) is 3.38. The third kappa shape index (κ3) is 3.50. The minimum Gasteiger partial charge on any atom is -0.494 e. The number of aromatic hydroxyl groups is 1. The summed E-state index contributed by atoms with van der Waals surface area (Å²) in [5, 5.41) is 14.5. The number of benzene rings is 4. The number of anilines is 1. The zero-order chi connectivity index (χ0) is 23.3. The lowest BCUT2D eigenvalue weighted by Gasteiger charge is -2.09. The normalized spacial score (nSPS) is 12.9. The lowest BCUT2D eigenvalue weighted by molar-refractivity contribution is 0.457. The standard InChI is InChI=1S/C26H18N4O3S/c31-26-21(15-25-27-23-7-3-4-8-24(23)28-25)20-14-19(11-12-22(20)29-26)34(32,33)30-18-10-9-16-5-1-2-6-17(16)13-18/h1-15,29-31H. The van der Waals surface area contributed by atoms with Crippen LogP contribution in [0.3, 0.4) is 0 Å². The first-order valence-electron chi connectivity index (χ1n) is 10.6. The van der Waals surface area contributed by atoms with Crippen LogP contribution in [0.25, 0.3) is 27.8 Å². The van der Waals surface area contributed by atoms with E-state index in [1.807, 2.05) is 54.6 Å². The second-order valence-electron chi connectivity index (χ2n) is 7.98. The molecule has 1 aromatic heterocycles. The van der Waals surface area contributed by atoms with Crippen molar-refractivity contribution in [2.45, 2.75) is 4.90 Å². The summed E-state index contributed by atoms with van der Waals surface area (Å²) in [6.07, 6.45) is 1.64. The predicted octanol–water partition coefficient (Wildman–Crippen LogP) is 4.08. The van der Waals surface area contributed by atoms with Crippen LogP contribution in [0.5, 0.6) is 5.88 Å². The van der Waals surface area contributed by atoms with Crippen LogP contribution in [-0.4, -0.2) is 18.5 Å². The van der Waals surface area contributed by atoms with Crippen LogP contribution < -0.4 is 15.4 Å². The fraction of sp³-hybridized carbons (Fsp3) is 0. The van der Waals surface area contributed by atoms with Gasteiger partial charge in [-0.1, -0.05) is 42.5 Å². The van der Waals surface area contributed by atoms with E-state index in [0.717, 1.165) is 21.5 Å². The van der Waals surface area contributed by atoms with E-state index in [9.17, 15) is 13.5 Å². The van der Waals surface area contributed by atoms with E-state index in [-0.39, 0.29) is 10.8 Å². The number of H-pyrrole nitrogens is 1. The lowest BCUT2D eigenvalue weighted by atomic mass is 10.1. The van der Waals surface area contributed by atoms with E-state index in [4.69, 9.17) is 0 Å². The number of hydrogen-bond acceptors (Lipinski definition) is 5. The summed E-state index contributed by atoms with van der Waals surface area (Å²) in [6, 6.07) is 25.3. The second kappa shape index (κ2) is 7.57. The zero-order valence-corrected chi connectivity index (χ0v) is 18.5. The van der Waals surface area contributed by atoms with Gasteiger partial charge in [0.2, 0.25) is 0 Å². The molecule has 1 aliphatic heterocycles. The van der Waals surface area contributed by atoms with Crippen LogP contribution >= 0.6 is 0 Å². The molecule has 8 heteroatoms. The maximum Gasteiger partial charge on any atom is 0.261 e. The molecular weight excluding hydrogens is 448 g/mol. The van der Waals surface area contributed by atoms with Gasteiger partial charge in [0.25, 0.3) is 10.0 Å². The van der Waals surface area contributed by atoms with Gasteiger partial charge in [0.15, 0.2) is 11.7 Å². The molecule has 0 aliphatic carbocycles. The molecule has 3 N–H and O–H groups in total. The Hall–Kier alpha value is -4.43. The number of aromatic nitrogens is 1. The number of hydrogen-bond donors (Lipinski definition) is 3. The fourth-order valence-electron chi connectivity index (χ4n) is 4.08. The highest BCUT2D eigenvalue weighted by Gasteiger charge is 2.18. The maximum absolute atomic E-state index is 13.2. The highest BCUT2D eigenvalue weighted by molar-refractivity contribution is 7.92. The largest absolute Gasteiger partial charge is 0.494 e. The first-order valence-corrected chi connectivity index (χ1v) is 12.1. The summed E-state index contributed by atoms with van der Waals surface area (Å²) in [4.78, 5) is 11.9. The summed E-state index contributed by atoms with van der Waals surface area (Å²) in [5.41, 5.74) is 1.50. The Kier molecular flexibility index (Phi) is 4.50. The van der Waals surface area contributed by atoms with Gasteiger partial charge < -0.3 is 10.1 Å². The summed E-state index contributed by atoms with van der Waals surface area (Å²) in [6.45, 7) is 0. The Morgan fingerprint density at radius 1 is 0.824 bits per heavy atom. The number of aromatic amines is 1. The highest BCUT2D eigenvalue weighted by Crippen LogP contribution is 2.32. The molecule has 0 atom stereocenters. The van der Waals surface area contributed by atoms with E-state index >= 15 is 0 Å². The van der Waals surface area contributed by atoms with Gasteiger partial charge in [0.05, 0.1) is 15.6 Å². The van der Waals surface area contributed by atoms with Crippen LogP contribution in [0.4, 0.5) is 5.69 Å². The smallest absolute Gasteiger partial charge is 0.261 e. The molecule has 34 heavy (non-hydrogen) atoms. The average molecular weight is 467 g/mol. The predicted molar refractivity (Wildman–Crippen MR) is 131 cm³/mol. The quantitative estimate of drug-likeness (QED) is 0.371. The second-order valence-corrected chi connectivity index (χ2v) is 9.66. The SMILES string of the molecule is O=S(=O)(Nc1ccc2ccccc2c1)c1ccc2[nH]c(O)c(C=C3N=c4ccccc4=N3)c2c1. The van der Waals surface area contributed by atoms with Crippen molar-refractivity contribution in [1.82, 2.24) is 4.98 Å². The van der Waals surface area contributed by atoms with Gasteiger partial charge in [-0.3, -0.25) is 4.72 Å². The number of para-hydroxylation sites is 2. The molecule has 0 amide bonds. The van der Waals surface area contributed by atoms with Crippen LogP contribution in [0.2, 0.25) is 0 Å². The molecule has 2 heterocycles. The van der Waals surface area contributed by atoms with Gasteiger partial charge in [-0.25, -0.2) is 18.4 Å². The van der Waals surface area contributed by atoms with Crippen molar-refractivity contribution in [3.8, 4) is 5.88 Å². The number of nitrogens with zero attached hydrogens (tertiary/aromatic N) is 2. The summed E-state index contributed by atoms with van der Waals surface area (Å²) >= 11 is 0. The molecule has 0 fully saturated rings. The van der Waals surface area contributed by atoms with Crippen LogP contribution in [0.15, 0.2) is 106 Å². The highest BCUT2D eigenvalue weighted by atomic mass is 32.2. The Morgan fingerprint density at radius 2 is 1.53 bits per heavy atom. The van der Waals surface area contributed by atoms with Gasteiger partial charge in [0.1, 0.15) is 0 Å². The van der Waals surface area contributed by atoms with Crippen molar-refractivity contribution in [3.63, 3.8) is 0 Å². The molecule has 0 bridgehead atoms. The molecule has 0 saturated carbocycles. The maximum atomic E-state index is 13.2. The molecular formula is C26H18N4O3S. The van der Waals surface area contributed by atoms with Crippen LogP contribution in [0, 0.1) is 0 Å². The molecule has 1 aliphatic rings. The van der Waals surface area contributed by atoms with Gasteiger partial charge in [-0.2, -0.15) is 0 Å². The van der Waals surface area contributed by atoms with Crippen molar-refractivity contribution in [2.24, 2.45) is 9.98 Å². The van der Waals surface area contributed by atoms with Gasteiger partial charge in [-0.05, 0) is 59.3 Å². The van der Waals surface area contributed by atoms with E-state index in [1.54, 1.807) is 24.3 Å². The summed E-state index contributed by atoms with van der Waals surface area (Å²) in [5.74, 6) is 0.348. The monoisotopic (exact) mass is 466 g/mol. The fourth-order valence-corrected chi connectivity index (χ4v) is 5.15. The minimum atomic E-state index is -3.86. The first kappa shape index (κ1) is 20.2. The summed E-state index contributed by atoms with van der Waals surface area (Å²) in [7, 11) is -3.86. The minimum absolute atomic E-state index is 0.0791. The van der Waals surface area contributed by atoms with Crippen molar-refractivity contribution in [3.05, 3.63) is 107 Å². The van der Waals surface area contributed by atoms with Crippen LogP contribution in [-0.2, 0) is 10.0 Å². The third-order valence-corrected chi connectivity index (χ3v) is 7.11. The van der Waals surface area contributed by atoms with Crippen molar-refractivity contribution in [2.75, 3.05) is 4.72 Å². The van der Waals surface area contributed by atoms with Crippen molar-refractivity contribution in [1.29, 1.82) is 0 Å². The molecule has 166 valence electrons. The summed E-state index contributed by atoms with van der Waals surface area (Å²) < 4.78 is 29.0. The Bertz CT molecular complexity index is 1830. The lowest BCUT2D eigenvalue weighted by Crippen LogP contribution is -2.19. The van der Waals surface area contributed by atoms with Crippen molar-refractivity contribution >= 4 is 43.5 Å². The van der Waals surface area contributed by atoms with Gasteiger partial charge >= 0.3 is 0 Å². The third-order valence-electron chi connectivity index (χ3n) is 5.73. The Morgan fingerprint density at radius 3 is 2.29 bits per heavy atom. The molecule has 0 unspecified atom stereocenters. The van der Waals surface area contributed by atoms with Crippen molar-refractivity contribution < 1.29 is 13.5 Å². The molecule has 0 spiro atoms. The van der Waals surface area contributed by atoms with E-state index < -0.39 is 10.0 Å². The molecule has 4 aromatic carbocycles. The Balaban J connectivity index is 1.40. The molecule has 0 saturated heterocycles. The molecule has 7 nitrogen and oxygen atoms in total. The number of rotatable bonds is 4. The van der Waals surface area contributed by atoms with E-state index in [2.05, 4.69) is 19.7 Å². The van der Waals surface area contributed by atoms with Gasteiger partial charge in [-0.15, -0.1) is 0 Å². The van der Waals surface area contributed by atoms with Crippen LogP contribution in [0.1, 0.15) is 5.56 Å². The van der Waals surface area contributed by atoms with E-state index in [1.165, 1.54) is 12.1 Å². The number of fused-ring (bicyclic) bond motifs is 3. The topological polar surface area (TPSA) is 107 Å². The number of sulfonamides is 1. The first-order chi connectivity index (χ1) is 16.5. The molecule has 5 aromatic rings. The molecule has 0 radical (unpaired) electrons. The zero-order valence-electron chi connectivity index (χ0n) is 17.7. The molecule has 6 rings (SSSR count). The number of nitrogens with one attached hydrogen (secondary N) is 2. The van der Waals surface area contributed by atoms with Gasteiger partial charge in [0, 0.05) is 22.2 Å². The Labute approximate surface area is 194 Å². The van der Waals surface area contributed by atoms with E-state index in [0.29, 0.717) is 28.0 Å².